The van der Waals surface area contributed by atoms with Gasteiger partial charge in [-0.25, -0.2) is 4.52 Å². The van der Waals surface area contributed by atoms with E-state index in [1.54, 1.807) is 15.4 Å². The highest BCUT2D eigenvalue weighted by molar-refractivity contribution is 5.42. The maximum atomic E-state index is 4.33. The predicted molar refractivity (Wildman–Crippen MR) is 61.5 cm³/mol. The molecule has 0 aliphatic carbocycles. The summed E-state index contributed by atoms with van der Waals surface area (Å²) in [5.74, 6) is 0.622. The van der Waals surface area contributed by atoms with Crippen LogP contribution in [0.25, 0.3) is 5.65 Å². The third-order valence-electron chi connectivity index (χ3n) is 2.34. The Kier molecular flexibility index (Phi) is 2.41. The van der Waals surface area contributed by atoms with E-state index in [0.717, 1.165) is 12.2 Å². The minimum absolute atomic E-state index is 0.622. The van der Waals surface area contributed by atoms with E-state index >= 15 is 0 Å². The van der Waals surface area contributed by atoms with Crippen molar-refractivity contribution in [2.24, 2.45) is 0 Å². The maximum absolute atomic E-state index is 4.33. The quantitative estimate of drug-likeness (QED) is 0.702. The molecule has 0 radical (unpaired) electrons. The number of rotatable bonds is 4. The zero-order chi connectivity index (χ0) is 11.5. The first-order valence-corrected chi connectivity index (χ1v) is 5.31. The van der Waals surface area contributed by atoms with E-state index in [2.05, 4.69) is 25.7 Å². The molecule has 0 aliphatic rings. The van der Waals surface area contributed by atoms with Gasteiger partial charge >= 0.3 is 0 Å². The van der Waals surface area contributed by atoms with Gasteiger partial charge < -0.3 is 5.32 Å². The first-order valence-electron chi connectivity index (χ1n) is 5.31. The number of nitrogens with zero attached hydrogens (tertiary/aromatic N) is 6. The van der Waals surface area contributed by atoms with Crippen molar-refractivity contribution in [3.63, 3.8) is 0 Å². The van der Waals surface area contributed by atoms with Crippen LogP contribution in [0.4, 0.5) is 5.95 Å². The van der Waals surface area contributed by atoms with Crippen molar-refractivity contribution in [1.82, 2.24) is 29.6 Å². The van der Waals surface area contributed by atoms with E-state index in [-0.39, 0.29) is 0 Å². The number of aromatic nitrogens is 6. The smallest absolute Gasteiger partial charge is 0.243 e. The fraction of sp³-hybridized carbons (Fsp3) is 0.200. The van der Waals surface area contributed by atoms with E-state index in [9.17, 15) is 0 Å². The molecule has 7 nitrogen and oxygen atoms in total. The summed E-state index contributed by atoms with van der Waals surface area (Å²) >= 11 is 0. The second kappa shape index (κ2) is 4.20. The summed E-state index contributed by atoms with van der Waals surface area (Å²) in [5.41, 5.74) is 0.829. The van der Waals surface area contributed by atoms with Crippen LogP contribution in [0.2, 0.25) is 0 Å². The van der Waals surface area contributed by atoms with Crippen LogP contribution in [-0.2, 0) is 6.54 Å². The van der Waals surface area contributed by atoms with Gasteiger partial charge in [-0.05, 0) is 12.1 Å². The molecular formula is C10H11N7. The van der Waals surface area contributed by atoms with Crippen molar-refractivity contribution >= 4 is 11.6 Å². The summed E-state index contributed by atoms with van der Waals surface area (Å²) in [7, 11) is 0. The van der Waals surface area contributed by atoms with Crippen LogP contribution in [0.3, 0.4) is 0 Å². The molecule has 0 unspecified atom stereocenters. The molecule has 0 aromatic carbocycles. The van der Waals surface area contributed by atoms with Crippen LogP contribution >= 0.6 is 0 Å². The minimum atomic E-state index is 0.622. The zero-order valence-electron chi connectivity index (χ0n) is 9.06. The van der Waals surface area contributed by atoms with Gasteiger partial charge in [0.15, 0.2) is 5.65 Å². The lowest BCUT2D eigenvalue weighted by Gasteiger charge is -2.00. The van der Waals surface area contributed by atoms with Crippen LogP contribution in [-0.4, -0.2) is 36.1 Å². The largest absolute Gasteiger partial charge is 0.351 e. The highest BCUT2D eigenvalue weighted by atomic mass is 15.4. The van der Waals surface area contributed by atoms with Crippen LogP contribution < -0.4 is 5.32 Å². The monoisotopic (exact) mass is 229 g/mol. The van der Waals surface area contributed by atoms with Gasteiger partial charge in [0.1, 0.15) is 0 Å². The number of nitrogens with one attached hydrogen (secondary N) is 1. The molecule has 1 N–H and O–H groups in total. The molecule has 3 aromatic rings. The van der Waals surface area contributed by atoms with Gasteiger partial charge in [0, 0.05) is 18.9 Å². The average Bonchev–Trinajstić information content (AvgIpc) is 2.96. The summed E-state index contributed by atoms with van der Waals surface area (Å²) in [6, 6.07) is 5.76. The summed E-state index contributed by atoms with van der Waals surface area (Å²) < 4.78 is 3.49. The van der Waals surface area contributed by atoms with Crippen LogP contribution in [0, 0.1) is 0 Å². The fourth-order valence-corrected chi connectivity index (χ4v) is 1.54. The molecule has 7 heteroatoms. The third-order valence-corrected chi connectivity index (χ3v) is 2.34. The van der Waals surface area contributed by atoms with Crippen molar-refractivity contribution in [3.05, 3.63) is 36.8 Å². The molecule has 0 aliphatic heterocycles. The van der Waals surface area contributed by atoms with Crippen LogP contribution in [0.1, 0.15) is 0 Å². The fourth-order valence-electron chi connectivity index (χ4n) is 1.54. The molecule has 0 atom stereocenters. The second-order valence-corrected chi connectivity index (χ2v) is 3.53. The van der Waals surface area contributed by atoms with E-state index < -0.39 is 0 Å². The lowest BCUT2D eigenvalue weighted by Crippen LogP contribution is -2.11. The van der Waals surface area contributed by atoms with Crippen LogP contribution in [0.5, 0.6) is 0 Å². The molecular weight excluding hydrogens is 218 g/mol. The first kappa shape index (κ1) is 9.76. The Hall–Kier alpha value is -2.44. The molecule has 3 aromatic heterocycles. The van der Waals surface area contributed by atoms with Gasteiger partial charge in [0.05, 0.1) is 12.7 Å². The van der Waals surface area contributed by atoms with Gasteiger partial charge in [-0.3, -0.25) is 4.68 Å². The number of anilines is 1. The molecule has 3 heterocycles. The summed E-state index contributed by atoms with van der Waals surface area (Å²) in [6.45, 7) is 1.44. The summed E-state index contributed by atoms with van der Waals surface area (Å²) in [4.78, 5) is 4.33. The Morgan fingerprint density at radius 2 is 2.24 bits per heavy atom. The molecule has 3 rings (SSSR count). The van der Waals surface area contributed by atoms with Crippen molar-refractivity contribution in [1.29, 1.82) is 0 Å². The third kappa shape index (κ3) is 2.07. The second-order valence-electron chi connectivity index (χ2n) is 3.53. The Balaban J connectivity index is 1.65. The highest BCUT2D eigenvalue weighted by Crippen LogP contribution is 2.03. The van der Waals surface area contributed by atoms with Gasteiger partial charge in [0.2, 0.25) is 5.95 Å². The normalized spacial score (nSPS) is 10.8. The van der Waals surface area contributed by atoms with Crippen molar-refractivity contribution in [2.45, 2.75) is 6.54 Å². The SMILES string of the molecule is c1ccn2nc(NCCn3ccnn3)nc2c1. The van der Waals surface area contributed by atoms with Crippen LogP contribution in [0.15, 0.2) is 36.8 Å². The number of hydrogen-bond donors (Lipinski definition) is 1. The van der Waals surface area contributed by atoms with Gasteiger partial charge in [0.25, 0.3) is 0 Å². The van der Waals surface area contributed by atoms with E-state index in [4.69, 9.17) is 0 Å². The predicted octanol–water partition coefficient (Wildman–Crippen LogP) is 0.433. The van der Waals surface area contributed by atoms with Crippen molar-refractivity contribution < 1.29 is 0 Å². The molecule has 17 heavy (non-hydrogen) atoms. The molecule has 0 saturated carbocycles. The molecule has 0 spiro atoms. The van der Waals surface area contributed by atoms with Crippen molar-refractivity contribution in [3.8, 4) is 0 Å². The van der Waals surface area contributed by atoms with E-state index in [1.165, 1.54) is 0 Å². The molecule has 0 bridgehead atoms. The van der Waals surface area contributed by atoms with Gasteiger partial charge in [-0.1, -0.05) is 11.3 Å². The molecule has 0 amide bonds. The van der Waals surface area contributed by atoms with E-state index in [0.29, 0.717) is 12.5 Å². The number of fused-ring (bicyclic) bond motifs is 1. The Labute approximate surface area is 97.1 Å². The van der Waals surface area contributed by atoms with Gasteiger partial charge in [-0.2, -0.15) is 4.98 Å². The van der Waals surface area contributed by atoms with Crippen molar-refractivity contribution in [2.75, 3.05) is 11.9 Å². The molecule has 86 valence electrons. The maximum Gasteiger partial charge on any atom is 0.243 e. The molecule has 0 saturated heterocycles. The number of hydrogen-bond acceptors (Lipinski definition) is 5. The zero-order valence-corrected chi connectivity index (χ0v) is 9.06. The Bertz CT molecular complexity index is 565. The highest BCUT2D eigenvalue weighted by Gasteiger charge is 2.01. The summed E-state index contributed by atoms with van der Waals surface area (Å²) in [6.07, 6.45) is 5.34. The Morgan fingerprint density at radius 1 is 1.24 bits per heavy atom. The average molecular weight is 229 g/mol. The summed E-state index contributed by atoms with van der Waals surface area (Å²) in [5, 5.41) is 15.0. The lowest BCUT2D eigenvalue weighted by molar-refractivity contribution is 0.607. The Morgan fingerprint density at radius 3 is 3.06 bits per heavy atom. The first-order chi connectivity index (χ1) is 8.42. The van der Waals surface area contributed by atoms with Gasteiger partial charge in [-0.15, -0.1) is 10.2 Å². The number of pyridine rings is 1. The standard InChI is InChI=1S/C10H11N7/c1-2-6-17-9(3-1)13-10(14-17)11-4-7-16-8-5-12-15-16/h1-3,5-6,8H,4,7H2,(H,11,14). The lowest BCUT2D eigenvalue weighted by atomic mass is 10.5. The van der Waals surface area contributed by atoms with E-state index in [1.807, 2.05) is 30.6 Å². The topological polar surface area (TPSA) is 72.9 Å². The molecule has 0 fully saturated rings. The minimum Gasteiger partial charge on any atom is -0.351 e.